The predicted molar refractivity (Wildman–Crippen MR) is 68.7 cm³/mol. The van der Waals surface area contributed by atoms with Gasteiger partial charge < -0.3 is 4.74 Å². The van der Waals surface area contributed by atoms with Gasteiger partial charge in [0, 0.05) is 0 Å². The van der Waals surface area contributed by atoms with E-state index in [0.717, 1.165) is 0 Å². The highest BCUT2D eigenvalue weighted by Crippen LogP contribution is 2.23. The summed E-state index contributed by atoms with van der Waals surface area (Å²) in [6.45, 7) is 5.29. The van der Waals surface area contributed by atoms with Crippen LogP contribution in [0.25, 0.3) is 0 Å². The summed E-state index contributed by atoms with van der Waals surface area (Å²) in [4.78, 5) is 27.7. The molecule has 1 heterocycles. The predicted octanol–water partition coefficient (Wildman–Crippen LogP) is 2.39. The summed E-state index contributed by atoms with van der Waals surface area (Å²) in [6, 6.07) is 1.59. The van der Waals surface area contributed by atoms with Crippen LogP contribution in [0.5, 0.6) is 0 Å². The first kappa shape index (κ1) is 14.5. The van der Waals surface area contributed by atoms with Crippen molar-refractivity contribution >= 4 is 28.3 Å². The number of anilines is 1. The Morgan fingerprint density at radius 3 is 2.56 bits per heavy atom. The molecule has 0 unspecified atom stereocenters. The van der Waals surface area contributed by atoms with E-state index in [2.05, 4.69) is 15.6 Å². The molecule has 0 aliphatic rings. The average Bonchev–Trinajstić information content (AvgIpc) is 2.62. The maximum atomic E-state index is 11.6. The van der Waals surface area contributed by atoms with Gasteiger partial charge in [-0.05, 0) is 32.2 Å². The van der Waals surface area contributed by atoms with Crippen LogP contribution in [0.15, 0.2) is 11.4 Å². The topological polar surface area (TPSA) is 76.7 Å². The number of carbonyl (C=O) groups excluding carboxylic acids is 2. The quantitative estimate of drug-likeness (QED) is 0.828. The number of amides is 2. The fourth-order valence-corrected chi connectivity index (χ4v) is 1.90. The lowest BCUT2D eigenvalue weighted by Crippen LogP contribution is -2.28. The van der Waals surface area contributed by atoms with E-state index in [1.165, 1.54) is 18.4 Å². The van der Waals surface area contributed by atoms with Crippen molar-refractivity contribution in [1.29, 1.82) is 0 Å². The Balaban J connectivity index is 2.71. The van der Waals surface area contributed by atoms with Crippen molar-refractivity contribution in [3.05, 3.63) is 17.0 Å². The van der Waals surface area contributed by atoms with Crippen molar-refractivity contribution in [2.45, 2.75) is 26.4 Å². The molecule has 0 aromatic carbocycles. The molecule has 0 bridgehead atoms. The number of rotatable bonds is 3. The molecule has 18 heavy (non-hydrogen) atoms. The van der Waals surface area contributed by atoms with E-state index in [1.54, 1.807) is 32.2 Å². The van der Waals surface area contributed by atoms with Crippen LogP contribution >= 0.6 is 11.3 Å². The van der Waals surface area contributed by atoms with E-state index in [1.807, 2.05) is 0 Å². The van der Waals surface area contributed by atoms with Crippen molar-refractivity contribution < 1.29 is 19.2 Å². The van der Waals surface area contributed by atoms with Gasteiger partial charge in [-0.15, -0.1) is 11.3 Å². The second kappa shape index (κ2) is 5.83. The Morgan fingerprint density at radius 2 is 2.00 bits per heavy atom. The fourth-order valence-electron chi connectivity index (χ4n) is 1.13. The summed E-state index contributed by atoms with van der Waals surface area (Å²) in [5.74, 6) is -0.426. The molecular formula is C11H16N2O4S. The highest BCUT2D eigenvalue weighted by Gasteiger charge is 2.19. The number of thiophene rings is 1. The third-order valence-corrected chi connectivity index (χ3v) is 2.55. The van der Waals surface area contributed by atoms with E-state index in [-0.39, 0.29) is 0 Å². The minimum Gasteiger partial charge on any atom is -0.444 e. The largest absolute Gasteiger partial charge is 0.444 e. The zero-order chi connectivity index (χ0) is 13.8. The van der Waals surface area contributed by atoms with Crippen molar-refractivity contribution in [1.82, 2.24) is 5.48 Å². The molecule has 2 amide bonds. The van der Waals surface area contributed by atoms with Gasteiger partial charge in [-0.3, -0.25) is 14.9 Å². The van der Waals surface area contributed by atoms with Crippen LogP contribution in [-0.4, -0.2) is 24.7 Å². The third-order valence-electron chi connectivity index (χ3n) is 1.72. The SMILES string of the molecule is CONC(=O)c1ccsc1NC(=O)OC(C)(C)C. The Morgan fingerprint density at radius 1 is 1.33 bits per heavy atom. The molecule has 0 spiro atoms. The zero-order valence-corrected chi connectivity index (χ0v) is 11.5. The molecule has 0 radical (unpaired) electrons. The highest BCUT2D eigenvalue weighted by molar-refractivity contribution is 7.14. The van der Waals surface area contributed by atoms with E-state index >= 15 is 0 Å². The summed E-state index contributed by atoms with van der Waals surface area (Å²) in [5, 5.41) is 4.63. The van der Waals surface area contributed by atoms with Crippen LogP contribution in [-0.2, 0) is 9.57 Å². The van der Waals surface area contributed by atoms with Gasteiger partial charge in [0.25, 0.3) is 5.91 Å². The minimum absolute atomic E-state index is 0.327. The van der Waals surface area contributed by atoms with E-state index in [4.69, 9.17) is 4.74 Å². The molecule has 7 heteroatoms. The van der Waals surface area contributed by atoms with E-state index < -0.39 is 17.6 Å². The van der Waals surface area contributed by atoms with Crippen LogP contribution in [0, 0.1) is 0 Å². The van der Waals surface area contributed by atoms with E-state index in [9.17, 15) is 9.59 Å². The van der Waals surface area contributed by atoms with Gasteiger partial charge in [0.1, 0.15) is 10.6 Å². The molecule has 0 saturated heterocycles. The Kier molecular flexibility index (Phi) is 4.69. The van der Waals surface area contributed by atoms with Crippen molar-refractivity contribution in [2.75, 3.05) is 12.4 Å². The smallest absolute Gasteiger partial charge is 0.412 e. The van der Waals surface area contributed by atoms with Crippen LogP contribution in [0.3, 0.4) is 0 Å². The van der Waals surface area contributed by atoms with Gasteiger partial charge >= 0.3 is 6.09 Å². The van der Waals surface area contributed by atoms with Crippen LogP contribution in [0.2, 0.25) is 0 Å². The number of nitrogens with one attached hydrogen (secondary N) is 2. The van der Waals surface area contributed by atoms with Gasteiger partial charge in [0.15, 0.2) is 0 Å². The molecular weight excluding hydrogens is 256 g/mol. The van der Waals surface area contributed by atoms with E-state index in [0.29, 0.717) is 10.6 Å². The first-order chi connectivity index (χ1) is 8.33. The van der Waals surface area contributed by atoms with Gasteiger partial charge in [0.2, 0.25) is 0 Å². The molecule has 6 nitrogen and oxygen atoms in total. The van der Waals surface area contributed by atoms with Crippen LogP contribution in [0.4, 0.5) is 9.80 Å². The van der Waals surface area contributed by atoms with Crippen LogP contribution < -0.4 is 10.8 Å². The molecule has 1 rings (SSSR count). The summed E-state index contributed by atoms with van der Waals surface area (Å²) < 4.78 is 5.10. The second-order valence-corrected chi connectivity index (χ2v) is 5.34. The standard InChI is InChI=1S/C11H16N2O4S/c1-11(2,3)17-10(15)12-9-7(5-6-18-9)8(14)13-16-4/h5-6H,1-4H3,(H,12,15)(H,13,14). The monoisotopic (exact) mass is 272 g/mol. The maximum Gasteiger partial charge on any atom is 0.412 e. The highest BCUT2D eigenvalue weighted by atomic mass is 32.1. The molecule has 0 atom stereocenters. The number of ether oxygens (including phenoxy) is 1. The van der Waals surface area contributed by atoms with Crippen molar-refractivity contribution in [3.8, 4) is 0 Å². The minimum atomic E-state index is -0.601. The summed E-state index contributed by atoms with van der Waals surface area (Å²) >= 11 is 1.23. The van der Waals surface area contributed by atoms with Crippen molar-refractivity contribution in [3.63, 3.8) is 0 Å². The second-order valence-electron chi connectivity index (χ2n) is 4.43. The lowest BCUT2D eigenvalue weighted by molar-refractivity contribution is 0.0539. The molecule has 2 N–H and O–H groups in total. The first-order valence-electron chi connectivity index (χ1n) is 5.24. The molecule has 0 aliphatic heterocycles. The molecule has 0 fully saturated rings. The average molecular weight is 272 g/mol. The summed E-state index contributed by atoms with van der Waals surface area (Å²) in [5.41, 5.74) is 1.93. The zero-order valence-electron chi connectivity index (χ0n) is 10.7. The lowest BCUT2D eigenvalue weighted by atomic mass is 10.2. The van der Waals surface area contributed by atoms with Crippen LogP contribution in [0.1, 0.15) is 31.1 Å². The number of hydrogen-bond acceptors (Lipinski definition) is 5. The Bertz CT molecular complexity index is 436. The third kappa shape index (κ3) is 4.34. The molecule has 0 saturated carbocycles. The Labute approximate surface area is 109 Å². The number of hydrogen-bond donors (Lipinski definition) is 2. The molecule has 1 aromatic rings. The molecule has 100 valence electrons. The lowest BCUT2D eigenvalue weighted by Gasteiger charge is -2.19. The summed E-state index contributed by atoms with van der Waals surface area (Å²) in [7, 11) is 1.34. The van der Waals surface area contributed by atoms with Gasteiger partial charge in [-0.25, -0.2) is 10.3 Å². The van der Waals surface area contributed by atoms with Gasteiger partial charge in [-0.2, -0.15) is 0 Å². The van der Waals surface area contributed by atoms with Crippen molar-refractivity contribution in [2.24, 2.45) is 0 Å². The maximum absolute atomic E-state index is 11.6. The Hall–Kier alpha value is -1.60. The summed E-state index contributed by atoms with van der Waals surface area (Å²) in [6.07, 6.45) is -0.601. The van der Waals surface area contributed by atoms with Gasteiger partial charge in [0.05, 0.1) is 12.7 Å². The normalized spacial score (nSPS) is 10.9. The number of carbonyl (C=O) groups is 2. The fraction of sp³-hybridized carbons (Fsp3) is 0.455. The first-order valence-corrected chi connectivity index (χ1v) is 6.12. The number of hydroxylamine groups is 1. The molecule has 0 aliphatic carbocycles. The van der Waals surface area contributed by atoms with Gasteiger partial charge in [-0.1, -0.05) is 0 Å². The molecule has 1 aromatic heterocycles.